The number of benzene rings is 1. The van der Waals surface area contributed by atoms with Gasteiger partial charge in [-0.25, -0.2) is 4.39 Å². The lowest BCUT2D eigenvalue weighted by Crippen LogP contribution is -2.23. The number of aromatic nitrogens is 2. The number of carbonyl (C=O) groups is 1. The van der Waals surface area contributed by atoms with Crippen LogP contribution in [0.5, 0.6) is 0 Å². The molecule has 1 aromatic carbocycles. The van der Waals surface area contributed by atoms with Crippen LogP contribution in [0.15, 0.2) is 29.3 Å². The number of rotatable bonds is 3. The van der Waals surface area contributed by atoms with E-state index in [0.29, 0.717) is 12.1 Å². The van der Waals surface area contributed by atoms with Gasteiger partial charge in [0.2, 0.25) is 0 Å². The fourth-order valence-corrected chi connectivity index (χ4v) is 1.86. The molecule has 0 aliphatic carbocycles. The number of hydrogen-bond donors (Lipinski definition) is 2. The second-order valence-electron chi connectivity index (χ2n) is 4.23. The fraction of sp³-hybridized carbons (Fsp3) is 0.231. The largest absolute Gasteiger partial charge is 0.348 e. The first-order valence-electron chi connectivity index (χ1n) is 5.73. The van der Waals surface area contributed by atoms with Gasteiger partial charge >= 0.3 is 0 Å². The zero-order valence-corrected chi connectivity index (χ0v) is 11.5. The van der Waals surface area contributed by atoms with Crippen molar-refractivity contribution in [1.82, 2.24) is 15.1 Å². The SMILES string of the molecule is Cc1c(CNC(=O)c2ccc(F)c(S)c2)cnn1C. The van der Waals surface area contributed by atoms with Crippen LogP contribution in [-0.4, -0.2) is 15.7 Å². The van der Waals surface area contributed by atoms with E-state index < -0.39 is 5.82 Å². The molecule has 1 aromatic heterocycles. The van der Waals surface area contributed by atoms with Crippen LogP contribution in [0.2, 0.25) is 0 Å². The molecule has 0 aliphatic heterocycles. The quantitative estimate of drug-likeness (QED) is 0.845. The minimum atomic E-state index is -0.442. The maximum atomic E-state index is 13.0. The second-order valence-corrected chi connectivity index (χ2v) is 4.71. The smallest absolute Gasteiger partial charge is 0.251 e. The summed E-state index contributed by atoms with van der Waals surface area (Å²) in [6.07, 6.45) is 1.71. The summed E-state index contributed by atoms with van der Waals surface area (Å²) in [5.74, 6) is -0.707. The number of carbonyl (C=O) groups excluding carboxylic acids is 1. The van der Waals surface area contributed by atoms with Crippen LogP contribution in [0.25, 0.3) is 0 Å². The van der Waals surface area contributed by atoms with Gasteiger partial charge in [0.15, 0.2) is 0 Å². The molecule has 2 rings (SSSR count). The monoisotopic (exact) mass is 279 g/mol. The molecule has 19 heavy (non-hydrogen) atoms. The highest BCUT2D eigenvalue weighted by atomic mass is 32.1. The molecular weight excluding hydrogens is 265 g/mol. The van der Waals surface area contributed by atoms with Crippen molar-refractivity contribution >= 4 is 18.5 Å². The Hall–Kier alpha value is -1.82. The minimum absolute atomic E-state index is 0.158. The molecule has 0 saturated carbocycles. The van der Waals surface area contributed by atoms with Crippen LogP contribution in [-0.2, 0) is 13.6 Å². The average molecular weight is 279 g/mol. The first kappa shape index (κ1) is 13.6. The van der Waals surface area contributed by atoms with Crippen molar-refractivity contribution in [3.63, 3.8) is 0 Å². The maximum absolute atomic E-state index is 13.0. The molecule has 1 heterocycles. The van der Waals surface area contributed by atoms with Gasteiger partial charge in [0.1, 0.15) is 5.82 Å². The number of thiol groups is 1. The molecule has 4 nitrogen and oxygen atoms in total. The summed E-state index contributed by atoms with van der Waals surface area (Å²) in [5, 5.41) is 6.86. The van der Waals surface area contributed by atoms with Gasteiger partial charge in [0.05, 0.1) is 6.20 Å². The molecular formula is C13H14FN3OS. The topological polar surface area (TPSA) is 46.9 Å². The van der Waals surface area contributed by atoms with E-state index in [1.807, 2.05) is 14.0 Å². The van der Waals surface area contributed by atoms with Crippen LogP contribution in [0.1, 0.15) is 21.6 Å². The lowest BCUT2D eigenvalue weighted by Gasteiger charge is -2.06. The van der Waals surface area contributed by atoms with E-state index >= 15 is 0 Å². The standard InChI is InChI=1S/C13H14FN3OS/c1-8-10(7-16-17(8)2)6-15-13(18)9-3-4-11(14)12(19)5-9/h3-5,7,19H,6H2,1-2H3,(H,15,18). The first-order chi connectivity index (χ1) is 8.99. The van der Waals surface area contributed by atoms with Crippen molar-refractivity contribution in [1.29, 1.82) is 0 Å². The Morgan fingerprint density at radius 2 is 2.26 bits per heavy atom. The Bertz CT molecular complexity index is 624. The van der Waals surface area contributed by atoms with Crippen LogP contribution in [0.3, 0.4) is 0 Å². The molecule has 2 aromatic rings. The van der Waals surface area contributed by atoms with Gasteiger partial charge in [-0.15, -0.1) is 12.6 Å². The molecule has 0 fully saturated rings. The highest BCUT2D eigenvalue weighted by molar-refractivity contribution is 7.80. The summed E-state index contributed by atoms with van der Waals surface area (Å²) in [7, 11) is 1.84. The van der Waals surface area contributed by atoms with Gasteiger partial charge in [0.25, 0.3) is 5.91 Å². The molecule has 0 aliphatic rings. The highest BCUT2D eigenvalue weighted by Crippen LogP contribution is 2.14. The predicted octanol–water partition coefficient (Wildman–Crippen LogP) is 2.09. The Labute approximate surface area is 116 Å². The van der Waals surface area contributed by atoms with E-state index in [4.69, 9.17) is 0 Å². The Balaban J connectivity index is 2.05. The molecule has 6 heteroatoms. The summed E-state index contributed by atoms with van der Waals surface area (Å²) in [4.78, 5) is 12.1. The van der Waals surface area contributed by atoms with E-state index in [1.165, 1.54) is 18.2 Å². The Morgan fingerprint density at radius 1 is 1.53 bits per heavy atom. The lowest BCUT2D eigenvalue weighted by atomic mass is 10.2. The van der Waals surface area contributed by atoms with Crippen molar-refractivity contribution in [2.75, 3.05) is 0 Å². The number of aryl methyl sites for hydroxylation is 1. The number of hydrogen-bond acceptors (Lipinski definition) is 3. The number of nitrogens with one attached hydrogen (secondary N) is 1. The van der Waals surface area contributed by atoms with Crippen LogP contribution in [0, 0.1) is 12.7 Å². The van der Waals surface area contributed by atoms with Gasteiger partial charge in [-0.05, 0) is 25.1 Å². The van der Waals surface area contributed by atoms with Crippen LogP contribution < -0.4 is 5.32 Å². The van der Waals surface area contributed by atoms with Gasteiger partial charge in [0, 0.05) is 35.3 Å². The summed E-state index contributed by atoms with van der Waals surface area (Å²) >= 11 is 3.95. The zero-order valence-electron chi connectivity index (χ0n) is 10.6. The molecule has 0 radical (unpaired) electrons. The number of halogens is 1. The van der Waals surface area contributed by atoms with Crippen LogP contribution in [0.4, 0.5) is 4.39 Å². The summed E-state index contributed by atoms with van der Waals surface area (Å²) in [6.45, 7) is 2.32. The Kier molecular flexibility index (Phi) is 3.90. The summed E-state index contributed by atoms with van der Waals surface area (Å²) in [6, 6.07) is 4.07. The molecule has 0 saturated heterocycles. The summed E-state index contributed by atoms with van der Waals surface area (Å²) in [5.41, 5.74) is 2.33. The lowest BCUT2D eigenvalue weighted by molar-refractivity contribution is 0.0950. The van der Waals surface area contributed by atoms with Gasteiger partial charge in [-0.3, -0.25) is 9.48 Å². The minimum Gasteiger partial charge on any atom is -0.348 e. The molecule has 100 valence electrons. The normalized spacial score (nSPS) is 10.5. The maximum Gasteiger partial charge on any atom is 0.251 e. The fourth-order valence-electron chi connectivity index (χ4n) is 1.65. The van der Waals surface area contributed by atoms with E-state index in [-0.39, 0.29) is 10.8 Å². The second kappa shape index (κ2) is 5.44. The number of amides is 1. The first-order valence-corrected chi connectivity index (χ1v) is 6.18. The predicted molar refractivity (Wildman–Crippen MR) is 72.8 cm³/mol. The molecule has 0 spiro atoms. The van der Waals surface area contributed by atoms with E-state index in [9.17, 15) is 9.18 Å². The third kappa shape index (κ3) is 2.96. The van der Waals surface area contributed by atoms with Crippen molar-refractivity contribution in [2.45, 2.75) is 18.4 Å². The third-order valence-electron chi connectivity index (χ3n) is 2.98. The average Bonchev–Trinajstić information content (AvgIpc) is 2.70. The van der Waals surface area contributed by atoms with Crippen molar-refractivity contribution in [3.8, 4) is 0 Å². The van der Waals surface area contributed by atoms with E-state index in [1.54, 1.807) is 10.9 Å². The van der Waals surface area contributed by atoms with Crippen LogP contribution >= 0.6 is 12.6 Å². The van der Waals surface area contributed by atoms with E-state index in [0.717, 1.165) is 11.3 Å². The van der Waals surface area contributed by atoms with Gasteiger partial charge in [-0.2, -0.15) is 5.10 Å². The van der Waals surface area contributed by atoms with Crippen molar-refractivity contribution < 1.29 is 9.18 Å². The zero-order chi connectivity index (χ0) is 14.0. The third-order valence-corrected chi connectivity index (χ3v) is 3.33. The van der Waals surface area contributed by atoms with Gasteiger partial charge in [-0.1, -0.05) is 0 Å². The van der Waals surface area contributed by atoms with Gasteiger partial charge < -0.3 is 5.32 Å². The highest BCUT2D eigenvalue weighted by Gasteiger charge is 2.09. The molecule has 1 amide bonds. The molecule has 0 bridgehead atoms. The Morgan fingerprint density at radius 3 is 2.84 bits per heavy atom. The van der Waals surface area contributed by atoms with Crippen molar-refractivity contribution in [3.05, 3.63) is 47.0 Å². The molecule has 0 unspecified atom stereocenters. The summed E-state index contributed by atoms with van der Waals surface area (Å²) < 4.78 is 14.8. The van der Waals surface area contributed by atoms with Crippen molar-refractivity contribution in [2.24, 2.45) is 7.05 Å². The van der Waals surface area contributed by atoms with E-state index in [2.05, 4.69) is 23.0 Å². The molecule has 1 N–H and O–H groups in total. The number of nitrogens with zero attached hydrogens (tertiary/aromatic N) is 2. The molecule has 0 atom stereocenters.